The van der Waals surface area contributed by atoms with E-state index >= 15 is 0 Å². The molecule has 2 N–H and O–H groups in total. The van der Waals surface area contributed by atoms with Gasteiger partial charge in [0, 0.05) is 25.4 Å². The zero-order valence-corrected chi connectivity index (χ0v) is 21.8. The van der Waals surface area contributed by atoms with E-state index in [-0.39, 0.29) is 35.6 Å². The van der Waals surface area contributed by atoms with Crippen molar-refractivity contribution in [3.05, 3.63) is 24.3 Å². The molecule has 0 aromatic heterocycles. The molecule has 6 heteroatoms. The smallest absolute Gasteiger partial charge is 0.305 e. The van der Waals surface area contributed by atoms with Crippen LogP contribution in [0.15, 0.2) is 24.3 Å². The van der Waals surface area contributed by atoms with E-state index in [2.05, 4.69) is 49.8 Å². The van der Waals surface area contributed by atoms with Crippen molar-refractivity contribution in [3.8, 4) is 0 Å². The van der Waals surface area contributed by atoms with Crippen molar-refractivity contribution in [2.75, 3.05) is 13.7 Å². The Labute approximate surface area is 206 Å². The highest BCUT2D eigenvalue weighted by molar-refractivity contribution is 5.69. The van der Waals surface area contributed by atoms with Gasteiger partial charge in [0.15, 0.2) is 6.29 Å². The van der Waals surface area contributed by atoms with E-state index in [4.69, 9.17) is 9.47 Å². The number of hydrogen-bond acceptors (Lipinski definition) is 6. The van der Waals surface area contributed by atoms with Gasteiger partial charge in [0.2, 0.25) is 0 Å². The minimum atomic E-state index is -0.561. The van der Waals surface area contributed by atoms with Crippen LogP contribution in [0, 0.1) is 17.3 Å². The van der Waals surface area contributed by atoms with E-state index in [0.717, 1.165) is 58.0 Å². The lowest BCUT2D eigenvalue weighted by molar-refractivity contribution is -0.197. The molecule has 0 aromatic rings. The van der Waals surface area contributed by atoms with Crippen LogP contribution in [0.5, 0.6) is 0 Å². The summed E-state index contributed by atoms with van der Waals surface area (Å²) < 4.78 is 17.0. The largest absolute Gasteiger partial charge is 0.469 e. The second kappa shape index (κ2) is 15.0. The number of esters is 1. The van der Waals surface area contributed by atoms with Crippen LogP contribution in [0.2, 0.25) is 0 Å². The van der Waals surface area contributed by atoms with Crippen molar-refractivity contribution < 1.29 is 29.2 Å². The Kier molecular flexibility index (Phi) is 12.8. The van der Waals surface area contributed by atoms with E-state index in [9.17, 15) is 15.0 Å². The standard InChI is InChI=1S/C28H48O6/c1-5-6-18-28(2,3)25(34-27-15-11-12-19-33-27)17-16-22-21(23(29)20-24(22)30)13-9-7-8-10-14-26(31)32-4/h7,9,16-17,21-25,27,29-30H,5-6,8,10-15,18-20H2,1-4H3/b9-7-,17-16+/t21-,22-,23+,24-,25-,27?/m1/s1. The van der Waals surface area contributed by atoms with Crippen LogP contribution in [0.4, 0.5) is 0 Å². The van der Waals surface area contributed by atoms with Crippen molar-refractivity contribution in [3.63, 3.8) is 0 Å². The molecular weight excluding hydrogens is 432 g/mol. The lowest BCUT2D eigenvalue weighted by Crippen LogP contribution is -2.36. The molecular formula is C28H48O6. The summed E-state index contributed by atoms with van der Waals surface area (Å²) in [6, 6.07) is 0. The highest BCUT2D eigenvalue weighted by Crippen LogP contribution is 2.38. The minimum Gasteiger partial charge on any atom is -0.469 e. The van der Waals surface area contributed by atoms with Crippen molar-refractivity contribution in [2.45, 2.75) is 116 Å². The molecule has 1 saturated carbocycles. The second-order valence-corrected chi connectivity index (χ2v) is 10.6. The van der Waals surface area contributed by atoms with E-state index in [0.29, 0.717) is 19.3 Å². The van der Waals surface area contributed by atoms with Crippen LogP contribution < -0.4 is 0 Å². The highest BCUT2D eigenvalue weighted by Gasteiger charge is 2.40. The maximum absolute atomic E-state index is 11.2. The number of rotatable bonds is 14. The van der Waals surface area contributed by atoms with Crippen molar-refractivity contribution in [2.24, 2.45) is 17.3 Å². The summed E-state index contributed by atoms with van der Waals surface area (Å²) in [6.45, 7) is 7.44. The number of methoxy groups -OCH3 is 1. The molecule has 0 radical (unpaired) electrons. The number of allylic oxidation sites excluding steroid dienone is 2. The Morgan fingerprint density at radius 1 is 1.18 bits per heavy atom. The average molecular weight is 481 g/mol. The van der Waals surface area contributed by atoms with Gasteiger partial charge in [-0.2, -0.15) is 0 Å². The van der Waals surface area contributed by atoms with Crippen LogP contribution in [-0.4, -0.2) is 54.5 Å². The summed E-state index contributed by atoms with van der Waals surface area (Å²) in [7, 11) is 1.40. The van der Waals surface area contributed by atoms with Gasteiger partial charge in [-0.25, -0.2) is 0 Å². The maximum Gasteiger partial charge on any atom is 0.305 e. The van der Waals surface area contributed by atoms with Crippen LogP contribution in [0.3, 0.4) is 0 Å². The zero-order chi connectivity index (χ0) is 25.0. The number of aliphatic hydroxyl groups is 2. The van der Waals surface area contributed by atoms with E-state index in [1.165, 1.54) is 7.11 Å². The predicted molar refractivity (Wildman–Crippen MR) is 134 cm³/mol. The topological polar surface area (TPSA) is 85.2 Å². The SMILES string of the molecule is CCCCC(C)(C)[C@@H](/C=C/[C@@H]1[C@@H](C/C=C\CCCC(=O)OC)[C@@H](O)C[C@H]1O)OC1CCCCO1. The fourth-order valence-electron chi connectivity index (χ4n) is 5.02. The van der Waals surface area contributed by atoms with Crippen molar-refractivity contribution >= 4 is 5.97 Å². The first kappa shape index (κ1) is 29.0. The van der Waals surface area contributed by atoms with E-state index < -0.39 is 12.2 Å². The molecule has 2 rings (SSSR count). The normalized spacial score (nSPS) is 29.2. The molecule has 1 heterocycles. The number of ether oxygens (including phenoxy) is 3. The number of aliphatic hydroxyl groups excluding tert-OH is 2. The molecule has 1 unspecified atom stereocenters. The zero-order valence-electron chi connectivity index (χ0n) is 21.8. The van der Waals surface area contributed by atoms with Gasteiger partial charge in [0.1, 0.15) is 0 Å². The molecule has 0 aromatic carbocycles. The third kappa shape index (κ3) is 9.44. The van der Waals surface area contributed by atoms with E-state index in [1.54, 1.807) is 0 Å². The molecule has 6 nitrogen and oxygen atoms in total. The summed E-state index contributed by atoms with van der Waals surface area (Å²) >= 11 is 0. The first-order valence-corrected chi connectivity index (χ1v) is 13.3. The summed E-state index contributed by atoms with van der Waals surface area (Å²) in [6.07, 6.45) is 16.5. The fourth-order valence-corrected chi connectivity index (χ4v) is 5.02. The Hall–Kier alpha value is -1.21. The second-order valence-electron chi connectivity index (χ2n) is 10.6. The average Bonchev–Trinajstić information content (AvgIpc) is 3.09. The lowest BCUT2D eigenvalue weighted by Gasteiger charge is -2.36. The minimum absolute atomic E-state index is 0.0339. The Morgan fingerprint density at radius 2 is 1.97 bits per heavy atom. The van der Waals surface area contributed by atoms with Gasteiger partial charge in [0.05, 0.1) is 25.4 Å². The molecule has 1 aliphatic carbocycles. The van der Waals surface area contributed by atoms with Gasteiger partial charge >= 0.3 is 5.97 Å². The number of carbonyl (C=O) groups is 1. The summed E-state index contributed by atoms with van der Waals surface area (Å²) in [5.41, 5.74) is -0.0511. The van der Waals surface area contributed by atoms with Crippen LogP contribution in [0.25, 0.3) is 0 Å². The quantitative estimate of drug-likeness (QED) is 0.199. The van der Waals surface area contributed by atoms with Gasteiger partial charge < -0.3 is 24.4 Å². The Balaban J connectivity index is 2.03. The number of hydrogen-bond donors (Lipinski definition) is 2. The molecule has 34 heavy (non-hydrogen) atoms. The van der Waals surface area contributed by atoms with Gasteiger partial charge in [-0.3, -0.25) is 4.79 Å². The summed E-state index contributed by atoms with van der Waals surface area (Å²) in [4.78, 5) is 11.2. The molecule has 0 bridgehead atoms. The van der Waals surface area contributed by atoms with Crippen LogP contribution >= 0.6 is 0 Å². The van der Waals surface area contributed by atoms with Gasteiger partial charge in [-0.1, -0.05) is 57.9 Å². The third-order valence-electron chi connectivity index (χ3n) is 7.36. The van der Waals surface area contributed by atoms with Crippen molar-refractivity contribution in [1.82, 2.24) is 0 Å². The van der Waals surface area contributed by atoms with E-state index in [1.807, 2.05) is 0 Å². The summed E-state index contributed by atoms with van der Waals surface area (Å²) in [5, 5.41) is 21.3. The number of unbranched alkanes of at least 4 members (excludes halogenated alkanes) is 2. The molecule has 196 valence electrons. The van der Waals surface area contributed by atoms with Gasteiger partial charge in [-0.05, 0) is 56.3 Å². The molecule has 0 spiro atoms. The Bertz CT molecular complexity index is 637. The molecule has 2 fully saturated rings. The molecule has 0 amide bonds. The van der Waals surface area contributed by atoms with Crippen LogP contribution in [-0.2, 0) is 19.0 Å². The van der Waals surface area contributed by atoms with Gasteiger partial charge in [0.25, 0.3) is 0 Å². The Morgan fingerprint density at radius 3 is 2.65 bits per heavy atom. The molecule has 1 saturated heterocycles. The molecule has 6 atom stereocenters. The number of carbonyl (C=O) groups excluding carboxylic acids is 1. The molecule has 2 aliphatic rings. The fraction of sp³-hybridized carbons (Fsp3) is 0.821. The van der Waals surface area contributed by atoms with Gasteiger partial charge in [-0.15, -0.1) is 0 Å². The van der Waals surface area contributed by atoms with Crippen LogP contribution in [0.1, 0.15) is 91.4 Å². The molecule has 1 aliphatic heterocycles. The third-order valence-corrected chi connectivity index (χ3v) is 7.36. The lowest BCUT2D eigenvalue weighted by atomic mass is 9.80. The van der Waals surface area contributed by atoms with Crippen molar-refractivity contribution in [1.29, 1.82) is 0 Å². The predicted octanol–water partition coefficient (Wildman–Crippen LogP) is 5.32. The monoisotopic (exact) mass is 480 g/mol. The first-order chi connectivity index (χ1) is 16.3. The first-order valence-electron chi connectivity index (χ1n) is 13.3. The maximum atomic E-state index is 11.2. The highest BCUT2D eigenvalue weighted by atomic mass is 16.7. The summed E-state index contributed by atoms with van der Waals surface area (Å²) in [5.74, 6) is -0.339.